The van der Waals surface area contributed by atoms with Gasteiger partial charge in [0.05, 0.1) is 11.1 Å². The van der Waals surface area contributed by atoms with Crippen LogP contribution in [0.1, 0.15) is 39.0 Å². The van der Waals surface area contributed by atoms with E-state index in [0.717, 1.165) is 21.1 Å². The van der Waals surface area contributed by atoms with E-state index in [-0.39, 0.29) is 5.91 Å². The molecular formula is C22H26N4O2S. The number of hydrogen-bond acceptors (Lipinski definition) is 6. The van der Waals surface area contributed by atoms with E-state index in [4.69, 9.17) is 4.52 Å². The van der Waals surface area contributed by atoms with Gasteiger partial charge in [-0.1, -0.05) is 46.8 Å². The van der Waals surface area contributed by atoms with Crippen LogP contribution in [0.25, 0.3) is 9.81 Å². The van der Waals surface area contributed by atoms with E-state index < -0.39 is 0 Å². The van der Waals surface area contributed by atoms with Gasteiger partial charge in [0.1, 0.15) is 5.70 Å². The Morgan fingerprint density at radius 3 is 2.38 bits per heavy atom. The number of nitrogens with one attached hydrogen (secondary N) is 1. The summed E-state index contributed by atoms with van der Waals surface area (Å²) in [7, 11) is 1.68. The van der Waals surface area contributed by atoms with Crippen molar-refractivity contribution < 1.29 is 9.32 Å². The number of anilines is 1. The van der Waals surface area contributed by atoms with Crippen LogP contribution < -0.4 is 5.32 Å². The second-order valence-corrected chi connectivity index (χ2v) is 7.38. The first kappa shape index (κ1) is 22.2. The minimum Gasteiger partial charge on any atom is -0.356 e. The number of hydrogen-bond donors (Lipinski definition) is 1. The maximum absolute atomic E-state index is 12.4. The van der Waals surface area contributed by atoms with Crippen LogP contribution in [0.3, 0.4) is 0 Å². The van der Waals surface area contributed by atoms with Gasteiger partial charge in [0.25, 0.3) is 5.91 Å². The molecule has 1 aromatic heterocycles. The van der Waals surface area contributed by atoms with E-state index in [1.54, 1.807) is 38.0 Å². The summed E-state index contributed by atoms with van der Waals surface area (Å²) in [4.78, 5) is 14.6. The van der Waals surface area contributed by atoms with Crippen LogP contribution in [0.5, 0.6) is 0 Å². The van der Waals surface area contributed by atoms with Crippen LogP contribution in [-0.4, -0.2) is 29.8 Å². The summed E-state index contributed by atoms with van der Waals surface area (Å²) in [6.07, 6.45) is 5.33. The lowest BCUT2D eigenvalue weighted by Gasteiger charge is -2.16. The highest BCUT2D eigenvalue weighted by atomic mass is 32.2. The normalized spacial score (nSPS) is 11.8. The molecule has 0 bridgehead atoms. The van der Waals surface area contributed by atoms with Crippen molar-refractivity contribution >= 4 is 39.9 Å². The largest absolute Gasteiger partial charge is 0.356 e. The third kappa shape index (κ3) is 5.71. The van der Waals surface area contributed by atoms with Crippen LogP contribution in [0.2, 0.25) is 0 Å². The summed E-state index contributed by atoms with van der Waals surface area (Å²) >= 11 is 1.63. The second kappa shape index (κ2) is 10.5. The maximum Gasteiger partial charge on any atom is 0.273 e. The molecule has 0 saturated heterocycles. The van der Waals surface area contributed by atoms with Crippen LogP contribution in [0.15, 0.2) is 69.6 Å². The van der Waals surface area contributed by atoms with Crippen molar-refractivity contribution in [3.8, 4) is 0 Å². The molecule has 0 spiro atoms. The Hall–Kier alpha value is -3.06. The predicted molar refractivity (Wildman–Crippen MR) is 122 cm³/mol. The van der Waals surface area contributed by atoms with Gasteiger partial charge in [-0.3, -0.25) is 9.80 Å². The molecule has 0 aliphatic rings. The molecule has 0 aliphatic carbocycles. The van der Waals surface area contributed by atoms with Gasteiger partial charge in [-0.2, -0.15) is 5.10 Å². The number of carbonyl (C=O) groups is 1. The minimum absolute atomic E-state index is 0.242. The van der Waals surface area contributed by atoms with Gasteiger partial charge in [-0.05, 0) is 45.4 Å². The van der Waals surface area contributed by atoms with Gasteiger partial charge in [0.2, 0.25) is 0 Å². The summed E-state index contributed by atoms with van der Waals surface area (Å²) in [6, 6.07) is 9.59. The molecule has 2 aromatic rings. The SMILES string of the molecule is C=NN(C)/C(=C\C)C(=O)Nc1ccc(C(S/C(=C\C)c2ccno2)=C(C)C)cc1. The Labute approximate surface area is 176 Å². The van der Waals surface area contributed by atoms with Crippen LogP contribution >= 0.6 is 11.8 Å². The van der Waals surface area contributed by atoms with Gasteiger partial charge in [-0.25, -0.2) is 0 Å². The van der Waals surface area contributed by atoms with E-state index >= 15 is 0 Å². The fourth-order valence-corrected chi connectivity index (χ4v) is 3.60. The Morgan fingerprint density at radius 2 is 1.90 bits per heavy atom. The highest BCUT2D eigenvalue weighted by Gasteiger charge is 2.14. The van der Waals surface area contributed by atoms with E-state index in [2.05, 4.69) is 36.1 Å². The van der Waals surface area contributed by atoms with Gasteiger partial charge in [-0.15, -0.1) is 0 Å². The number of aromatic nitrogens is 1. The molecule has 29 heavy (non-hydrogen) atoms. The standard InChI is InChI=1S/C22H26N4O2S/c1-7-18(26(6)23-5)22(27)25-17-11-9-16(10-12-17)21(15(3)4)29-20(8-2)19-13-14-24-28-19/h7-14H,5H2,1-4,6H3,(H,25,27)/b18-7-,20-8-. The lowest BCUT2D eigenvalue weighted by Crippen LogP contribution is -2.24. The Kier molecular flexibility index (Phi) is 8.03. The van der Waals surface area contributed by atoms with Crippen molar-refractivity contribution in [3.05, 3.63) is 71.3 Å². The Bertz CT molecular complexity index is 938. The van der Waals surface area contributed by atoms with Gasteiger partial charge >= 0.3 is 0 Å². The van der Waals surface area contributed by atoms with Crippen molar-refractivity contribution in [1.29, 1.82) is 0 Å². The summed E-state index contributed by atoms with van der Waals surface area (Å²) in [5, 5.41) is 11.9. The number of allylic oxidation sites excluding steroid dienone is 3. The molecule has 1 N–H and O–H groups in total. The first-order valence-corrected chi connectivity index (χ1v) is 9.94. The molecule has 0 saturated carbocycles. The molecule has 6 nitrogen and oxygen atoms in total. The zero-order chi connectivity index (χ0) is 21.4. The number of amides is 1. The smallest absolute Gasteiger partial charge is 0.273 e. The molecule has 1 aromatic carbocycles. The fraction of sp³-hybridized carbons (Fsp3) is 0.227. The van der Waals surface area contributed by atoms with Crippen molar-refractivity contribution in [1.82, 2.24) is 10.2 Å². The van der Waals surface area contributed by atoms with Crippen LogP contribution in [-0.2, 0) is 4.79 Å². The number of rotatable bonds is 8. The lowest BCUT2D eigenvalue weighted by molar-refractivity contribution is -0.114. The molecule has 0 aliphatic heterocycles. The minimum atomic E-state index is -0.242. The second-order valence-electron chi connectivity index (χ2n) is 6.33. The predicted octanol–water partition coefficient (Wildman–Crippen LogP) is 5.61. The zero-order valence-electron chi connectivity index (χ0n) is 17.4. The molecule has 7 heteroatoms. The monoisotopic (exact) mass is 410 g/mol. The van der Waals surface area contributed by atoms with Crippen molar-refractivity contribution in [2.24, 2.45) is 5.10 Å². The molecule has 1 heterocycles. The molecule has 152 valence electrons. The van der Waals surface area contributed by atoms with Crippen molar-refractivity contribution in [2.75, 3.05) is 12.4 Å². The lowest BCUT2D eigenvalue weighted by atomic mass is 10.1. The summed E-state index contributed by atoms with van der Waals surface area (Å²) < 4.78 is 5.30. The summed E-state index contributed by atoms with van der Waals surface area (Å²) in [5.74, 6) is 0.493. The highest BCUT2D eigenvalue weighted by molar-refractivity contribution is 8.16. The average molecular weight is 411 g/mol. The quantitative estimate of drug-likeness (QED) is 0.348. The molecular weight excluding hydrogens is 384 g/mol. The van der Waals surface area contributed by atoms with E-state index in [1.807, 2.05) is 43.3 Å². The third-order valence-corrected chi connectivity index (χ3v) is 5.59. The van der Waals surface area contributed by atoms with Crippen LogP contribution in [0, 0.1) is 0 Å². The van der Waals surface area contributed by atoms with Crippen LogP contribution in [0.4, 0.5) is 5.69 Å². The molecule has 0 unspecified atom stereocenters. The van der Waals surface area contributed by atoms with Gasteiger partial charge in [0, 0.05) is 30.4 Å². The number of carbonyl (C=O) groups excluding carboxylic acids is 1. The van der Waals surface area contributed by atoms with E-state index in [9.17, 15) is 4.79 Å². The Balaban J connectivity index is 2.19. The van der Waals surface area contributed by atoms with E-state index in [1.165, 1.54) is 10.6 Å². The molecule has 1 amide bonds. The number of benzene rings is 1. The average Bonchev–Trinajstić information content (AvgIpc) is 3.24. The van der Waals surface area contributed by atoms with E-state index in [0.29, 0.717) is 11.4 Å². The summed E-state index contributed by atoms with van der Waals surface area (Å²) in [6.45, 7) is 11.3. The molecule has 0 radical (unpaired) electrons. The zero-order valence-corrected chi connectivity index (χ0v) is 18.2. The third-order valence-electron chi connectivity index (χ3n) is 4.08. The topological polar surface area (TPSA) is 70.7 Å². The first-order chi connectivity index (χ1) is 13.9. The number of likely N-dealkylation sites (N-methyl/N-ethyl adjacent to an activating group) is 1. The molecule has 0 fully saturated rings. The van der Waals surface area contributed by atoms with Gasteiger partial charge < -0.3 is 9.84 Å². The highest BCUT2D eigenvalue weighted by Crippen LogP contribution is 2.41. The van der Waals surface area contributed by atoms with Crippen molar-refractivity contribution in [2.45, 2.75) is 27.7 Å². The first-order valence-electron chi connectivity index (χ1n) is 9.12. The number of nitrogens with zero attached hydrogens (tertiary/aromatic N) is 3. The summed E-state index contributed by atoms with van der Waals surface area (Å²) in [5.41, 5.74) is 3.37. The van der Waals surface area contributed by atoms with Gasteiger partial charge in [0.15, 0.2) is 5.76 Å². The molecule has 0 atom stereocenters. The maximum atomic E-state index is 12.4. The Morgan fingerprint density at radius 1 is 1.21 bits per heavy atom. The number of hydrazone groups is 1. The van der Waals surface area contributed by atoms with Crippen molar-refractivity contribution in [3.63, 3.8) is 0 Å². The molecule has 2 rings (SSSR count). The number of thioether (sulfide) groups is 1. The fourth-order valence-electron chi connectivity index (χ4n) is 2.60.